The molecule has 1 unspecified atom stereocenters. The molecular formula is C20H30N4O2. The fourth-order valence-corrected chi connectivity index (χ4v) is 4.14. The summed E-state index contributed by atoms with van der Waals surface area (Å²) < 4.78 is 5.93. The quantitative estimate of drug-likeness (QED) is 0.876. The monoisotopic (exact) mass is 358 g/mol. The summed E-state index contributed by atoms with van der Waals surface area (Å²) in [6.45, 7) is 9.92. The van der Waals surface area contributed by atoms with Crippen LogP contribution in [0.2, 0.25) is 0 Å². The Hall–Kier alpha value is -1.69. The van der Waals surface area contributed by atoms with Crippen LogP contribution in [0, 0.1) is 18.8 Å². The predicted octanol–water partition coefficient (Wildman–Crippen LogP) is 2.65. The molecule has 142 valence electrons. The van der Waals surface area contributed by atoms with Crippen LogP contribution in [0.3, 0.4) is 0 Å². The van der Waals surface area contributed by atoms with E-state index in [1.807, 2.05) is 11.8 Å². The molecule has 2 aliphatic heterocycles. The highest BCUT2D eigenvalue weighted by molar-refractivity contribution is 5.77. The van der Waals surface area contributed by atoms with Gasteiger partial charge in [0, 0.05) is 37.3 Å². The lowest BCUT2D eigenvalue weighted by atomic mass is 9.80. The smallest absolute Gasteiger partial charge is 0.223 e. The van der Waals surface area contributed by atoms with Gasteiger partial charge in [-0.05, 0) is 38.0 Å². The van der Waals surface area contributed by atoms with Crippen molar-refractivity contribution < 1.29 is 9.53 Å². The maximum atomic E-state index is 12.6. The molecule has 0 aromatic carbocycles. The number of hydrogen-bond donors (Lipinski definition) is 1. The van der Waals surface area contributed by atoms with Crippen LogP contribution < -0.4 is 5.32 Å². The SMILES string of the molecule is Cc1nc(NCC2CC2)nc2c1COCC21CCN(C(=O)CC(C)C)C1. The minimum Gasteiger partial charge on any atom is -0.376 e. The van der Waals surface area contributed by atoms with E-state index in [9.17, 15) is 4.79 Å². The second kappa shape index (κ2) is 6.80. The Balaban J connectivity index is 1.58. The molecule has 0 radical (unpaired) electrons. The molecule has 1 saturated heterocycles. The first-order valence-electron chi connectivity index (χ1n) is 9.94. The number of aromatic nitrogens is 2. The van der Waals surface area contributed by atoms with Gasteiger partial charge in [-0.1, -0.05) is 13.8 Å². The Labute approximate surface area is 155 Å². The van der Waals surface area contributed by atoms with Gasteiger partial charge in [0.25, 0.3) is 0 Å². The molecule has 1 aromatic rings. The second-order valence-corrected chi connectivity index (χ2v) is 8.72. The molecule has 1 spiro atoms. The summed E-state index contributed by atoms with van der Waals surface area (Å²) in [5.74, 6) is 2.16. The fourth-order valence-electron chi connectivity index (χ4n) is 4.14. The summed E-state index contributed by atoms with van der Waals surface area (Å²) >= 11 is 0. The van der Waals surface area contributed by atoms with E-state index in [-0.39, 0.29) is 11.3 Å². The van der Waals surface area contributed by atoms with Crippen molar-refractivity contribution >= 4 is 11.9 Å². The Bertz CT molecular complexity index is 701. The van der Waals surface area contributed by atoms with Gasteiger partial charge < -0.3 is 15.0 Å². The van der Waals surface area contributed by atoms with E-state index in [1.165, 1.54) is 12.8 Å². The minimum absolute atomic E-state index is 0.177. The molecule has 3 aliphatic rings. The fraction of sp³-hybridized carbons (Fsp3) is 0.750. The number of nitrogens with zero attached hydrogens (tertiary/aromatic N) is 3. The lowest BCUT2D eigenvalue weighted by Crippen LogP contribution is -2.42. The highest BCUT2D eigenvalue weighted by Gasteiger charge is 2.46. The van der Waals surface area contributed by atoms with E-state index in [0.29, 0.717) is 32.1 Å². The van der Waals surface area contributed by atoms with E-state index in [1.54, 1.807) is 0 Å². The van der Waals surface area contributed by atoms with E-state index >= 15 is 0 Å². The summed E-state index contributed by atoms with van der Waals surface area (Å²) in [6, 6.07) is 0. The number of nitrogens with one attached hydrogen (secondary N) is 1. The topological polar surface area (TPSA) is 67.4 Å². The number of rotatable bonds is 5. The molecular weight excluding hydrogens is 328 g/mol. The molecule has 2 fully saturated rings. The number of carbonyl (C=O) groups excluding carboxylic acids is 1. The third-order valence-corrected chi connectivity index (χ3v) is 5.88. The van der Waals surface area contributed by atoms with Crippen LogP contribution in [0.15, 0.2) is 0 Å². The Morgan fingerprint density at radius 2 is 2.19 bits per heavy atom. The van der Waals surface area contributed by atoms with Crippen molar-refractivity contribution in [1.82, 2.24) is 14.9 Å². The number of carbonyl (C=O) groups is 1. The van der Waals surface area contributed by atoms with Crippen LogP contribution in [0.1, 0.15) is 56.5 Å². The van der Waals surface area contributed by atoms with Gasteiger partial charge in [-0.15, -0.1) is 0 Å². The Morgan fingerprint density at radius 3 is 2.92 bits per heavy atom. The number of amides is 1. The molecule has 1 aromatic heterocycles. The molecule has 1 atom stereocenters. The maximum Gasteiger partial charge on any atom is 0.223 e. The summed E-state index contributed by atoms with van der Waals surface area (Å²) in [6.07, 6.45) is 4.15. The third kappa shape index (κ3) is 3.43. The van der Waals surface area contributed by atoms with E-state index < -0.39 is 0 Å². The molecule has 0 bridgehead atoms. The van der Waals surface area contributed by atoms with Gasteiger partial charge >= 0.3 is 0 Å². The highest BCUT2D eigenvalue weighted by Crippen LogP contribution is 2.40. The molecule has 26 heavy (non-hydrogen) atoms. The zero-order valence-corrected chi connectivity index (χ0v) is 16.2. The zero-order chi connectivity index (χ0) is 18.3. The van der Waals surface area contributed by atoms with E-state index in [0.717, 1.165) is 48.3 Å². The number of anilines is 1. The Kier molecular flexibility index (Phi) is 4.63. The third-order valence-electron chi connectivity index (χ3n) is 5.88. The number of likely N-dealkylation sites (tertiary alicyclic amines) is 1. The summed E-state index contributed by atoms with van der Waals surface area (Å²) in [5, 5.41) is 3.42. The van der Waals surface area contributed by atoms with Crippen molar-refractivity contribution in [2.45, 2.75) is 58.5 Å². The van der Waals surface area contributed by atoms with Crippen LogP contribution >= 0.6 is 0 Å². The number of hydrogen-bond acceptors (Lipinski definition) is 5. The summed E-state index contributed by atoms with van der Waals surface area (Å²) in [4.78, 5) is 24.1. The van der Waals surface area contributed by atoms with E-state index in [2.05, 4.69) is 24.1 Å². The van der Waals surface area contributed by atoms with Crippen LogP contribution in [0.25, 0.3) is 0 Å². The predicted molar refractivity (Wildman–Crippen MR) is 100.0 cm³/mol. The second-order valence-electron chi connectivity index (χ2n) is 8.72. The van der Waals surface area contributed by atoms with Crippen molar-refractivity contribution in [3.8, 4) is 0 Å². The minimum atomic E-state index is -0.177. The molecule has 6 nitrogen and oxygen atoms in total. The molecule has 1 aliphatic carbocycles. The van der Waals surface area contributed by atoms with Crippen molar-refractivity contribution in [2.75, 3.05) is 31.6 Å². The summed E-state index contributed by atoms with van der Waals surface area (Å²) in [5.41, 5.74) is 3.05. The number of fused-ring (bicyclic) bond motifs is 2. The molecule has 6 heteroatoms. The van der Waals surface area contributed by atoms with Crippen LogP contribution in [0.4, 0.5) is 5.95 Å². The molecule has 3 heterocycles. The van der Waals surface area contributed by atoms with Gasteiger partial charge in [-0.2, -0.15) is 0 Å². The van der Waals surface area contributed by atoms with Crippen molar-refractivity contribution in [2.24, 2.45) is 11.8 Å². The first kappa shape index (κ1) is 17.7. The lowest BCUT2D eigenvalue weighted by molar-refractivity contribution is -0.131. The highest BCUT2D eigenvalue weighted by atomic mass is 16.5. The normalized spacial score (nSPS) is 25.0. The molecule has 4 rings (SSSR count). The van der Waals surface area contributed by atoms with Crippen LogP contribution in [-0.4, -0.2) is 47.0 Å². The number of ether oxygens (including phenoxy) is 1. The molecule has 1 N–H and O–H groups in total. The van der Waals surface area contributed by atoms with Gasteiger partial charge in [0.05, 0.1) is 24.3 Å². The van der Waals surface area contributed by atoms with Crippen molar-refractivity contribution in [3.63, 3.8) is 0 Å². The standard InChI is InChI=1S/C20H30N4O2/c1-13(2)8-17(25)24-7-6-20(11-24)12-26-10-16-14(3)22-19(23-18(16)20)21-9-15-4-5-15/h13,15H,4-12H2,1-3H3,(H,21,22,23). The zero-order valence-electron chi connectivity index (χ0n) is 16.2. The average Bonchev–Trinajstić information content (AvgIpc) is 3.33. The summed E-state index contributed by atoms with van der Waals surface area (Å²) in [7, 11) is 0. The van der Waals surface area contributed by atoms with Gasteiger partial charge in [-0.25, -0.2) is 9.97 Å². The van der Waals surface area contributed by atoms with Gasteiger partial charge in [-0.3, -0.25) is 4.79 Å². The van der Waals surface area contributed by atoms with Crippen LogP contribution in [-0.2, 0) is 21.6 Å². The number of aryl methyl sites for hydroxylation is 1. The van der Waals surface area contributed by atoms with Gasteiger partial charge in [0.1, 0.15) is 0 Å². The van der Waals surface area contributed by atoms with Gasteiger partial charge in [0.15, 0.2) is 0 Å². The molecule has 1 saturated carbocycles. The lowest BCUT2D eigenvalue weighted by Gasteiger charge is -2.35. The van der Waals surface area contributed by atoms with Crippen molar-refractivity contribution in [3.05, 3.63) is 17.0 Å². The maximum absolute atomic E-state index is 12.6. The van der Waals surface area contributed by atoms with Crippen LogP contribution in [0.5, 0.6) is 0 Å². The van der Waals surface area contributed by atoms with Crippen molar-refractivity contribution in [1.29, 1.82) is 0 Å². The largest absolute Gasteiger partial charge is 0.376 e. The Morgan fingerprint density at radius 1 is 1.38 bits per heavy atom. The van der Waals surface area contributed by atoms with E-state index in [4.69, 9.17) is 9.72 Å². The molecule has 1 amide bonds. The first-order valence-corrected chi connectivity index (χ1v) is 9.94. The first-order chi connectivity index (χ1) is 12.5. The van der Waals surface area contributed by atoms with Gasteiger partial charge in [0.2, 0.25) is 11.9 Å². The average molecular weight is 358 g/mol.